The highest BCUT2D eigenvalue weighted by Crippen LogP contribution is 2.40. The number of rotatable bonds is 8. The minimum Gasteiger partial charge on any atom is -0.503 e. The second kappa shape index (κ2) is 9.13. The number of carbonyl (C=O) groups excluding carboxylic acids is 2. The molecule has 1 aliphatic rings. The van der Waals surface area contributed by atoms with E-state index in [0.29, 0.717) is 25.1 Å². The van der Waals surface area contributed by atoms with Crippen molar-refractivity contribution in [1.29, 1.82) is 0 Å². The number of imidazole rings is 1. The standard InChI is InChI=1S/C27H26N4O4/c1-29(2)20-10-8-18(9-11-20)24-23(25(32)22-16-19-6-3-4-7-21(19)35-22)26(33)27(34)31(24)14-5-13-30-15-12-28-17-30/h3-4,6-12,15-17,24,33H,5,13-14H2,1-2H3/t24-/m1/s1. The number of anilines is 1. The average molecular weight is 471 g/mol. The normalized spacial score (nSPS) is 15.9. The quantitative estimate of drug-likeness (QED) is 0.385. The summed E-state index contributed by atoms with van der Waals surface area (Å²) in [5.41, 5.74) is 2.34. The number of hydrogen-bond donors (Lipinski definition) is 1. The Balaban J connectivity index is 1.50. The molecule has 8 nitrogen and oxygen atoms in total. The molecule has 3 heterocycles. The molecule has 1 atom stereocenters. The van der Waals surface area contributed by atoms with Crippen molar-refractivity contribution >= 4 is 28.3 Å². The van der Waals surface area contributed by atoms with Crippen LogP contribution in [-0.2, 0) is 11.3 Å². The largest absolute Gasteiger partial charge is 0.503 e. The molecule has 1 N–H and O–H groups in total. The van der Waals surface area contributed by atoms with Gasteiger partial charge >= 0.3 is 0 Å². The molecule has 0 saturated heterocycles. The number of benzene rings is 2. The Hall–Kier alpha value is -4.33. The Morgan fingerprint density at radius 3 is 2.57 bits per heavy atom. The van der Waals surface area contributed by atoms with Crippen molar-refractivity contribution in [2.24, 2.45) is 0 Å². The fourth-order valence-corrected chi connectivity index (χ4v) is 4.49. The molecule has 0 spiro atoms. The Bertz CT molecular complexity index is 1370. The molecule has 8 heteroatoms. The second-order valence-corrected chi connectivity index (χ2v) is 8.78. The van der Waals surface area contributed by atoms with E-state index in [-0.39, 0.29) is 11.3 Å². The number of hydrogen-bond acceptors (Lipinski definition) is 6. The summed E-state index contributed by atoms with van der Waals surface area (Å²) in [6, 6.07) is 15.9. The van der Waals surface area contributed by atoms with Gasteiger partial charge in [-0.3, -0.25) is 9.59 Å². The molecule has 35 heavy (non-hydrogen) atoms. The summed E-state index contributed by atoms with van der Waals surface area (Å²) < 4.78 is 7.71. The smallest absolute Gasteiger partial charge is 0.290 e. The fraction of sp³-hybridized carbons (Fsp3) is 0.222. The highest BCUT2D eigenvalue weighted by atomic mass is 16.3. The number of aromatic nitrogens is 2. The summed E-state index contributed by atoms with van der Waals surface area (Å²) in [6.45, 7) is 1.02. The van der Waals surface area contributed by atoms with Gasteiger partial charge < -0.3 is 23.9 Å². The van der Waals surface area contributed by atoms with Crippen molar-refractivity contribution < 1.29 is 19.1 Å². The van der Waals surface area contributed by atoms with E-state index in [1.54, 1.807) is 29.6 Å². The number of Topliss-reactive ketones (excluding diaryl/α,β-unsaturated/α-hetero) is 1. The molecule has 0 fully saturated rings. The van der Waals surface area contributed by atoms with Crippen LogP contribution in [0.5, 0.6) is 0 Å². The summed E-state index contributed by atoms with van der Waals surface area (Å²) in [4.78, 5) is 34.4. The highest BCUT2D eigenvalue weighted by Gasteiger charge is 2.44. The number of fused-ring (bicyclic) bond motifs is 1. The maximum absolute atomic E-state index is 13.6. The Kier molecular flexibility index (Phi) is 5.86. The number of nitrogens with zero attached hydrogens (tertiary/aromatic N) is 4. The van der Waals surface area contributed by atoms with Crippen LogP contribution < -0.4 is 4.90 Å². The van der Waals surface area contributed by atoms with Crippen molar-refractivity contribution in [3.63, 3.8) is 0 Å². The van der Waals surface area contributed by atoms with Crippen LogP contribution in [0.1, 0.15) is 28.6 Å². The summed E-state index contributed by atoms with van der Waals surface area (Å²) >= 11 is 0. The predicted octanol–water partition coefficient (Wildman–Crippen LogP) is 4.36. The number of aliphatic hydroxyl groups excluding tert-OH is 1. The molecule has 2 aromatic heterocycles. The molecule has 0 saturated carbocycles. The SMILES string of the molecule is CN(C)c1ccc([C@@H]2C(C(=O)c3cc4ccccc4o3)=C(O)C(=O)N2CCCn2ccnc2)cc1. The van der Waals surface area contributed by atoms with Crippen LogP contribution in [0.3, 0.4) is 0 Å². The molecule has 0 aliphatic carbocycles. The molecule has 0 radical (unpaired) electrons. The van der Waals surface area contributed by atoms with E-state index < -0.39 is 23.5 Å². The van der Waals surface area contributed by atoms with Crippen LogP contribution in [-0.4, -0.2) is 51.9 Å². The lowest BCUT2D eigenvalue weighted by Crippen LogP contribution is -2.32. The molecule has 2 aromatic carbocycles. The van der Waals surface area contributed by atoms with E-state index in [1.165, 1.54) is 0 Å². The third-order valence-electron chi connectivity index (χ3n) is 6.30. The number of carbonyl (C=O) groups is 2. The molecule has 178 valence electrons. The number of aliphatic hydroxyl groups is 1. The highest BCUT2D eigenvalue weighted by molar-refractivity contribution is 6.16. The monoisotopic (exact) mass is 470 g/mol. The third-order valence-corrected chi connectivity index (χ3v) is 6.30. The van der Waals surface area contributed by atoms with Crippen LogP contribution in [0.25, 0.3) is 11.0 Å². The third kappa shape index (κ3) is 4.19. The van der Waals surface area contributed by atoms with Gasteiger partial charge in [-0.2, -0.15) is 0 Å². The van der Waals surface area contributed by atoms with Crippen LogP contribution in [0.4, 0.5) is 5.69 Å². The first-order chi connectivity index (χ1) is 16.9. The molecule has 1 aliphatic heterocycles. The molecule has 0 bridgehead atoms. The average Bonchev–Trinajstić information content (AvgIpc) is 3.59. The van der Waals surface area contributed by atoms with Gasteiger partial charge in [0.2, 0.25) is 5.78 Å². The second-order valence-electron chi connectivity index (χ2n) is 8.78. The Morgan fingerprint density at radius 1 is 1.11 bits per heavy atom. The van der Waals surface area contributed by atoms with Gasteiger partial charge in [-0.25, -0.2) is 4.98 Å². The summed E-state index contributed by atoms with van der Waals surface area (Å²) in [5.74, 6) is -1.49. The maximum atomic E-state index is 13.6. The number of ketones is 1. The van der Waals surface area contributed by atoms with Gasteiger partial charge in [-0.15, -0.1) is 0 Å². The van der Waals surface area contributed by atoms with Crippen LogP contribution in [0.15, 0.2) is 89.1 Å². The number of furan rings is 1. The van der Waals surface area contributed by atoms with Crippen molar-refractivity contribution in [1.82, 2.24) is 14.5 Å². The van der Waals surface area contributed by atoms with Crippen molar-refractivity contribution in [3.05, 3.63) is 96.0 Å². The summed E-state index contributed by atoms with van der Waals surface area (Å²) in [5, 5.41) is 11.7. The molecule has 4 aromatic rings. The molecular weight excluding hydrogens is 444 g/mol. The van der Waals surface area contributed by atoms with Gasteiger partial charge in [0.05, 0.1) is 17.9 Å². The number of para-hydroxylation sites is 1. The van der Waals surface area contributed by atoms with Crippen molar-refractivity contribution in [2.75, 3.05) is 25.5 Å². The number of amides is 1. The van der Waals surface area contributed by atoms with E-state index in [2.05, 4.69) is 4.98 Å². The van der Waals surface area contributed by atoms with E-state index in [4.69, 9.17) is 4.42 Å². The topological polar surface area (TPSA) is 91.8 Å². The van der Waals surface area contributed by atoms with Gasteiger partial charge in [-0.05, 0) is 36.2 Å². The Morgan fingerprint density at radius 2 is 1.89 bits per heavy atom. The summed E-state index contributed by atoms with van der Waals surface area (Å²) in [7, 11) is 3.89. The molecule has 5 rings (SSSR count). The molecule has 0 unspecified atom stereocenters. The zero-order valence-corrected chi connectivity index (χ0v) is 19.6. The van der Waals surface area contributed by atoms with Gasteiger partial charge in [-0.1, -0.05) is 30.3 Å². The first kappa shape index (κ1) is 22.5. The van der Waals surface area contributed by atoms with Gasteiger partial charge in [0.25, 0.3) is 5.91 Å². The first-order valence-corrected chi connectivity index (χ1v) is 11.4. The number of aryl methyl sites for hydroxylation is 1. The van der Waals surface area contributed by atoms with Gasteiger partial charge in [0.1, 0.15) is 5.58 Å². The van der Waals surface area contributed by atoms with Crippen molar-refractivity contribution in [3.8, 4) is 0 Å². The van der Waals surface area contributed by atoms with E-state index >= 15 is 0 Å². The van der Waals surface area contributed by atoms with Gasteiger partial charge in [0, 0.05) is 50.7 Å². The minimum absolute atomic E-state index is 0.0364. The van der Waals surface area contributed by atoms with Crippen molar-refractivity contribution in [2.45, 2.75) is 19.0 Å². The lowest BCUT2D eigenvalue weighted by molar-refractivity contribution is -0.129. The minimum atomic E-state index is -0.720. The predicted molar refractivity (Wildman–Crippen MR) is 132 cm³/mol. The summed E-state index contributed by atoms with van der Waals surface area (Å²) in [6.07, 6.45) is 5.91. The Labute approximate surface area is 202 Å². The lowest BCUT2D eigenvalue weighted by Gasteiger charge is -2.27. The van der Waals surface area contributed by atoms with Crippen LogP contribution in [0.2, 0.25) is 0 Å². The molecular formula is C27H26N4O4. The first-order valence-electron chi connectivity index (χ1n) is 11.4. The molecule has 1 amide bonds. The van der Waals surface area contributed by atoms with Crippen LogP contribution >= 0.6 is 0 Å². The maximum Gasteiger partial charge on any atom is 0.290 e. The zero-order chi connectivity index (χ0) is 24.5. The fourth-order valence-electron chi connectivity index (χ4n) is 4.49. The van der Waals surface area contributed by atoms with E-state index in [9.17, 15) is 14.7 Å². The van der Waals surface area contributed by atoms with E-state index in [0.717, 1.165) is 16.6 Å². The zero-order valence-electron chi connectivity index (χ0n) is 19.6. The lowest BCUT2D eigenvalue weighted by atomic mass is 9.94. The van der Waals surface area contributed by atoms with E-state index in [1.807, 2.05) is 72.2 Å². The van der Waals surface area contributed by atoms with Gasteiger partial charge in [0.15, 0.2) is 11.5 Å². The van der Waals surface area contributed by atoms with Crippen LogP contribution in [0, 0.1) is 0 Å².